The summed E-state index contributed by atoms with van der Waals surface area (Å²) in [5.41, 5.74) is 3.62. The van der Waals surface area contributed by atoms with Crippen LogP contribution in [0, 0.1) is 0 Å². The first-order chi connectivity index (χ1) is 10.2. The zero-order valence-electron chi connectivity index (χ0n) is 11.1. The summed E-state index contributed by atoms with van der Waals surface area (Å²) in [5.74, 6) is 1.05. The van der Waals surface area contributed by atoms with Crippen molar-refractivity contribution in [3.05, 3.63) is 74.3 Å². The van der Waals surface area contributed by atoms with Gasteiger partial charge in [0.15, 0.2) is 0 Å². The Morgan fingerprint density at radius 1 is 1.00 bits per heavy atom. The minimum atomic E-state index is 0.197. The molecular weight excluding hydrogens is 392 g/mol. The van der Waals surface area contributed by atoms with Gasteiger partial charge in [-0.2, -0.15) is 0 Å². The predicted molar refractivity (Wildman–Crippen MR) is 93.3 cm³/mol. The van der Waals surface area contributed by atoms with Gasteiger partial charge < -0.3 is 4.90 Å². The van der Waals surface area contributed by atoms with E-state index in [0.29, 0.717) is 0 Å². The lowest BCUT2D eigenvalue weighted by Gasteiger charge is -2.23. The van der Waals surface area contributed by atoms with E-state index in [9.17, 15) is 0 Å². The third kappa shape index (κ3) is 2.17. The normalized spacial score (nSPS) is 19.2. The molecule has 0 aliphatic carbocycles. The zero-order chi connectivity index (χ0) is 14.4. The van der Waals surface area contributed by atoms with Crippen molar-refractivity contribution in [2.45, 2.75) is 6.04 Å². The number of benzene rings is 2. The van der Waals surface area contributed by atoms with Gasteiger partial charge >= 0.3 is 0 Å². The highest BCUT2D eigenvalue weighted by molar-refractivity contribution is 9.11. The number of rotatable bonds is 1. The summed E-state index contributed by atoms with van der Waals surface area (Å²) in [5, 5.41) is 0. The highest BCUT2D eigenvalue weighted by Crippen LogP contribution is 2.37. The maximum atomic E-state index is 4.96. The fraction of sp³-hybridized carbons (Fsp3) is 0.118. The van der Waals surface area contributed by atoms with Gasteiger partial charge in [0.2, 0.25) is 0 Å². The Kier molecular flexibility index (Phi) is 3.23. The largest absolute Gasteiger partial charge is 0.330 e. The van der Waals surface area contributed by atoms with E-state index in [4.69, 9.17) is 4.99 Å². The summed E-state index contributed by atoms with van der Waals surface area (Å²) in [6, 6.07) is 14.8. The molecule has 2 nitrogen and oxygen atoms in total. The Morgan fingerprint density at radius 3 is 2.57 bits per heavy atom. The molecule has 21 heavy (non-hydrogen) atoms. The molecule has 0 N–H and O–H groups in total. The number of fused-ring (bicyclic) bond motifs is 3. The van der Waals surface area contributed by atoms with Crippen LogP contribution in [0.1, 0.15) is 22.7 Å². The van der Waals surface area contributed by atoms with Crippen molar-refractivity contribution in [2.75, 3.05) is 6.54 Å². The van der Waals surface area contributed by atoms with Crippen LogP contribution in [0.4, 0.5) is 0 Å². The van der Waals surface area contributed by atoms with E-state index >= 15 is 0 Å². The first-order valence-electron chi connectivity index (χ1n) is 6.80. The molecule has 4 rings (SSSR count). The molecule has 2 aliphatic rings. The number of halogens is 2. The lowest BCUT2D eigenvalue weighted by molar-refractivity contribution is 0.551. The minimum Gasteiger partial charge on any atom is -0.330 e. The minimum absolute atomic E-state index is 0.197. The SMILES string of the molecule is Brc1ccc(Br)c2c1C=CN1C[C@H](c3ccccc3)N=C21. The average Bonchev–Trinajstić information content (AvgIpc) is 2.95. The van der Waals surface area contributed by atoms with E-state index in [-0.39, 0.29) is 6.04 Å². The second kappa shape index (κ2) is 5.11. The Morgan fingerprint density at radius 2 is 1.76 bits per heavy atom. The van der Waals surface area contributed by atoms with Gasteiger partial charge in [-0.3, -0.25) is 4.99 Å². The van der Waals surface area contributed by atoms with Crippen LogP contribution >= 0.6 is 31.9 Å². The van der Waals surface area contributed by atoms with Gasteiger partial charge in [0.1, 0.15) is 5.84 Å². The first-order valence-corrected chi connectivity index (χ1v) is 8.38. The van der Waals surface area contributed by atoms with Gasteiger partial charge in [0, 0.05) is 26.3 Å². The maximum Gasteiger partial charge on any atom is 0.137 e. The zero-order valence-corrected chi connectivity index (χ0v) is 14.3. The van der Waals surface area contributed by atoms with E-state index in [1.54, 1.807) is 0 Å². The first kappa shape index (κ1) is 13.3. The topological polar surface area (TPSA) is 15.6 Å². The lowest BCUT2D eigenvalue weighted by Crippen LogP contribution is -2.26. The van der Waals surface area contributed by atoms with E-state index in [1.165, 1.54) is 16.7 Å². The molecule has 4 heteroatoms. The quantitative estimate of drug-likeness (QED) is 0.654. The fourth-order valence-electron chi connectivity index (χ4n) is 2.85. The van der Waals surface area contributed by atoms with Crippen LogP contribution in [0.3, 0.4) is 0 Å². The number of nitrogens with zero attached hydrogens (tertiary/aromatic N) is 2. The Bertz CT molecular complexity index is 766. The molecule has 104 valence electrons. The molecular formula is C17H12Br2N2. The third-order valence-corrected chi connectivity index (χ3v) is 5.24. The molecule has 0 bridgehead atoms. The van der Waals surface area contributed by atoms with Crippen LogP contribution in [0.2, 0.25) is 0 Å². The summed E-state index contributed by atoms with van der Waals surface area (Å²) in [7, 11) is 0. The molecule has 0 saturated carbocycles. The highest BCUT2D eigenvalue weighted by atomic mass is 79.9. The number of hydrogen-bond acceptors (Lipinski definition) is 2. The van der Waals surface area contributed by atoms with Crippen LogP contribution in [0.25, 0.3) is 6.08 Å². The highest BCUT2D eigenvalue weighted by Gasteiger charge is 2.31. The summed E-state index contributed by atoms with van der Waals surface area (Å²) in [6.45, 7) is 0.897. The maximum absolute atomic E-state index is 4.96. The Labute approximate surface area is 140 Å². The van der Waals surface area contributed by atoms with Crippen molar-refractivity contribution < 1.29 is 0 Å². The van der Waals surface area contributed by atoms with Gasteiger partial charge in [-0.15, -0.1) is 0 Å². The van der Waals surface area contributed by atoms with E-state index in [1.807, 2.05) is 6.07 Å². The lowest BCUT2D eigenvalue weighted by atomic mass is 10.0. The monoisotopic (exact) mass is 402 g/mol. The second-order valence-electron chi connectivity index (χ2n) is 5.17. The number of hydrogen-bond donors (Lipinski definition) is 0. The van der Waals surface area contributed by atoms with E-state index in [2.05, 4.69) is 85.4 Å². The summed E-state index contributed by atoms with van der Waals surface area (Å²) >= 11 is 7.29. The molecule has 0 saturated heterocycles. The molecule has 2 aliphatic heterocycles. The van der Waals surface area contributed by atoms with Crippen LogP contribution in [-0.4, -0.2) is 17.3 Å². The van der Waals surface area contributed by atoms with Gasteiger partial charge in [-0.05, 0) is 23.8 Å². The van der Waals surface area contributed by atoms with E-state index < -0.39 is 0 Å². The molecule has 0 spiro atoms. The van der Waals surface area contributed by atoms with Gasteiger partial charge in [-0.25, -0.2) is 0 Å². The number of aliphatic imine (C=N–C) groups is 1. The van der Waals surface area contributed by atoms with E-state index in [0.717, 1.165) is 21.3 Å². The van der Waals surface area contributed by atoms with Crippen LogP contribution < -0.4 is 0 Å². The molecule has 0 amide bonds. The predicted octanol–water partition coefficient (Wildman–Crippen LogP) is 5.00. The molecule has 2 heterocycles. The Hall–Kier alpha value is -1.39. The van der Waals surface area contributed by atoms with Crippen molar-refractivity contribution in [3.8, 4) is 0 Å². The molecule has 0 unspecified atom stereocenters. The van der Waals surface area contributed by atoms with Gasteiger partial charge in [0.25, 0.3) is 0 Å². The molecule has 2 aromatic rings. The smallest absolute Gasteiger partial charge is 0.137 e. The van der Waals surface area contributed by atoms with Crippen molar-refractivity contribution in [2.24, 2.45) is 4.99 Å². The third-order valence-electron chi connectivity index (χ3n) is 3.89. The van der Waals surface area contributed by atoms with Crippen molar-refractivity contribution >= 4 is 43.8 Å². The molecule has 1 atom stereocenters. The molecule has 0 fully saturated rings. The molecule has 2 aromatic carbocycles. The van der Waals surface area contributed by atoms with Gasteiger partial charge in [0.05, 0.1) is 12.6 Å². The standard InChI is InChI=1S/C17H12Br2N2/c18-13-6-7-14(19)16-12(13)8-9-21-10-15(20-17(16)21)11-4-2-1-3-5-11/h1-9,15H,10H2/t15-/m1/s1. The molecule has 0 aromatic heterocycles. The summed E-state index contributed by atoms with van der Waals surface area (Å²) in [6.07, 6.45) is 4.28. The number of amidine groups is 1. The summed E-state index contributed by atoms with van der Waals surface area (Å²) in [4.78, 5) is 7.20. The summed E-state index contributed by atoms with van der Waals surface area (Å²) < 4.78 is 2.19. The molecule has 0 radical (unpaired) electrons. The van der Waals surface area contributed by atoms with Gasteiger partial charge in [-0.1, -0.05) is 62.2 Å². The average molecular weight is 404 g/mol. The van der Waals surface area contributed by atoms with Crippen LogP contribution in [-0.2, 0) is 0 Å². The Balaban J connectivity index is 1.83. The van der Waals surface area contributed by atoms with Crippen molar-refractivity contribution in [1.29, 1.82) is 0 Å². The van der Waals surface area contributed by atoms with Crippen LogP contribution in [0.15, 0.2) is 62.6 Å². The fourth-order valence-corrected chi connectivity index (χ4v) is 3.84. The van der Waals surface area contributed by atoms with Crippen molar-refractivity contribution in [3.63, 3.8) is 0 Å². The van der Waals surface area contributed by atoms with Crippen molar-refractivity contribution in [1.82, 2.24) is 4.90 Å². The van der Waals surface area contributed by atoms with Crippen LogP contribution in [0.5, 0.6) is 0 Å². The second-order valence-corrected chi connectivity index (χ2v) is 6.87.